The van der Waals surface area contributed by atoms with E-state index < -0.39 is 23.8 Å². The van der Waals surface area contributed by atoms with Crippen molar-refractivity contribution in [1.29, 1.82) is 0 Å². The maximum Gasteiger partial charge on any atom is 0.411 e. The highest BCUT2D eigenvalue weighted by Crippen LogP contribution is 2.33. The number of hydrogen-bond donors (Lipinski definition) is 1. The van der Waals surface area contributed by atoms with Crippen LogP contribution in [0.3, 0.4) is 0 Å². The van der Waals surface area contributed by atoms with Gasteiger partial charge >= 0.3 is 6.09 Å². The molecule has 3 aromatic rings. The third-order valence-corrected chi connectivity index (χ3v) is 4.80. The van der Waals surface area contributed by atoms with E-state index in [1.54, 1.807) is 51.2 Å². The van der Waals surface area contributed by atoms with Crippen LogP contribution in [0.4, 0.5) is 9.18 Å². The lowest BCUT2D eigenvalue weighted by atomic mass is 10.2. The van der Waals surface area contributed by atoms with Crippen molar-refractivity contribution < 1.29 is 23.6 Å². The van der Waals surface area contributed by atoms with Gasteiger partial charge in [-0.3, -0.25) is 9.88 Å². The van der Waals surface area contributed by atoms with E-state index >= 15 is 0 Å². The molecule has 0 aliphatic carbocycles. The van der Waals surface area contributed by atoms with Crippen molar-refractivity contribution in [1.82, 2.24) is 20.0 Å². The molecule has 170 valence electrons. The largest absolute Gasteiger partial charge is 0.444 e. The number of amides is 1. The van der Waals surface area contributed by atoms with E-state index in [1.165, 1.54) is 17.0 Å². The van der Waals surface area contributed by atoms with Crippen LogP contribution >= 0.6 is 0 Å². The number of ether oxygens (including phenoxy) is 1. The van der Waals surface area contributed by atoms with Gasteiger partial charge in [0.15, 0.2) is 0 Å². The van der Waals surface area contributed by atoms with Gasteiger partial charge in [-0.05, 0) is 51.1 Å². The molecule has 1 amide bonds. The fraction of sp³-hybridized carbons (Fsp3) is 0.333. The molecule has 0 radical (unpaired) electrons. The third kappa shape index (κ3) is 5.54. The fourth-order valence-corrected chi connectivity index (χ4v) is 3.36. The molecule has 2 aromatic heterocycles. The van der Waals surface area contributed by atoms with E-state index in [-0.39, 0.29) is 30.5 Å². The average Bonchev–Trinajstić information content (AvgIpc) is 3.38. The summed E-state index contributed by atoms with van der Waals surface area (Å²) in [7, 11) is 0. The van der Waals surface area contributed by atoms with Crippen molar-refractivity contribution in [3.05, 3.63) is 65.4 Å². The van der Waals surface area contributed by atoms with Crippen LogP contribution in [0.5, 0.6) is 0 Å². The maximum absolute atomic E-state index is 13.3. The van der Waals surface area contributed by atoms with Crippen LogP contribution < -0.4 is 0 Å². The smallest absolute Gasteiger partial charge is 0.411 e. The van der Waals surface area contributed by atoms with Crippen molar-refractivity contribution in [2.75, 3.05) is 6.54 Å². The number of aromatic nitrogens is 3. The Hall–Kier alpha value is -3.77. The standard InChI is InChI=1S/C24H23FN4O4/c1-24(2,3)32-23(31)29-14-18(30)12-20(29)22-27-21(28-33-22)19-10-9-16(13-26-19)8-7-15-5-4-6-17(25)11-15/h4-6,9-11,13,18,20,30H,12,14H2,1-3H3/t18-,20?/m1/s1. The van der Waals surface area contributed by atoms with Crippen LogP contribution in [0, 0.1) is 17.7 Å². The van der Waals surface area contributed by atoms with E-state index in [1.807, 2.05) is 0 Å². The summed E-state index contributed by atoms with van der Waals surface area (Å²) in [5.41, 5.74) is 0.999. The number of carbonyl (C=O) groups excluding carboxylic acids is 1. The van der Waals surface area contributed by atoms with Gasteiger partial charge in [0.1, 0.15) is 23.2 Å². The minimum Gasteiger partial charge on any atom is -0.444 e. The maximum atomic E-state index is 13.3. The fourth-order valence-electron chi connectivity index (χ4n) is 3.36. The molecule has 9 heteroatoms. The number of likely N-dealkylation sites (tertiary alicyclic amines) is 1. The lowest BCUT2D eigenvalue weighted by molar-refractivity contribution is 0.0184. The zero-order chi connectivity index (χ0) is 23.6. The minimum atomic E-state index is -0.716. The molecule has 0 spiro atoms. The molecular weight excluding hydrogens is 427 g/mol. The number of pyridine rings is 1. The Morgan fingerprint density at radius 3 is 2.73 bits per heavy atom. The molecule has 1 aromatic carbocycles. The molecule has 8 nitrogen and oxygen atoms in total. The summed E-state index contributed by atoms with van der Waals surface area (Å²) in [5, 5.41) is 14.1. The van der Waals surface area contributed by atoms with Crippen molar-refractivity contribution in [2.45, 2.75) is 44.9 Å². The first kappa shape index (κ1) is 22.4. The summed E-state index contributed by atoms with van der Waals surface area (Å²) in [4.78, 5) is 22.6. The predicted octanol–water partition coefficient (Wildman–Crippen LogP) is 3.71. The van der Waals surface area contributed by atoms with E-state index in [4.69, 9.17) is 9.26 Å². The predicted molar refractivity (Wildman–Crippen MR) is 116 cm³/mol. The topological polar surface area (TPSA) is 102 Å². The molecule has 4 rings (SSSR count). The highest BCUT2D eigenvalue weighted by atomic mass is 19.1. The lowest BCUT2D eigenvalue weighted by Crippen LogP contribution is -2.37. The van der Waals surface area contributed by atoms with Crippen LogP contribution in [0.15, 0.2) is 47.1 Å². The van der Waals surface area contributed by atoms with Crippen molar-refractivity contribution in [3.63, 3.8) is 0 Å². The van der Waals surface area contributed by atoms with Crippen molar-refractivity contribution >= 4 is 6.09 Å². The molecule has 33 heavy (non-hydrogen) atoms. The number of nitrogens with zero attached hydrogens (tertiary/aromatic N) is 4. The number of benzene rings is 1. The number of rotatable bonds is 2. The zero-order valence-electron chi connectivity index (χ0n) is 18.4. The van der Waals surface area contributed by atoms with Gasteiger partial charge in [0.25, 0.3) is 0 Å². The normalized spacial score (nSPS) is 18.0. The van der Waals surface area contributed by atoms with Gasteiger partial charge in [0.2, 0.25) is 11.7 Å². The summed E-state index contributed by atoms with van der Waals surface area (Å²) in [6, 6.07) is 8.89. The molecular formula is C24H23FN4O4. The third-order valence-electron chi connectivity index (χ3n) is 4.80. The quantitative estimate of drug-likeness (QED) is 0.594. The summed E-state index contributed by atoms with van der Waals surface area (Å²) in [6.45, 7) is 5.44. The molecule has 2 atom stereocenters. The number of aliphatic hydroxyl groups excluding tert-OH is 1. The van der Waals surface area contributed by atoms with Gasteiger partial charge in [-0.1, -0.05) is 23.1 Å². The second kappa shape index (κ2) is 9.00. The Bertz CT molecular complexity index is 1210. The molecule has 1 N–H and O–H groups in total. The highest BCUT2D eigenvalue weighted by Gasteiger charge is 2.40. The summed E-state index contributed by atoms with van der Waals surface area (Å²) >= 11 is 0. The van der Waals surface area contributed by atoms with Crippen molar-refractivity contribution in [3.8, 4) is 23.4 Å². The van der Waals surface area contributed by atoms with E-state index in [0.717, 1.165) is 0 Å². The molecule has 0 saturated carbocycles. The van der Waals surface area contributed by atoms with Gasteiger partial charge in [-0.2, -0.15) is 4.98 Å². The van der Waals surface area contributed by atoms with Gasteiger partial charge in [-0.25, -0.2) is 9.18 Å². The Balaban J connectivity index is 1.49. The first-order valence-electron chi connectivity index (χ1n) is 10.4. The molecule has 1 aliphatic heterocycles. The Morgan fingerprint density at radius 1 is 1.24 bits per heavy atom. The Labute approximate surface area is 190 Å². The van der Waals surface area contributed by atoms with Gasteiger partial charge in [-0.15, -0.1) is 0 Å². The summed E-state index contributed by atoms with van der Waals surface area (Å²) in [5.74, 6) is 5.92. The van der Waals surface area contributed by atoms with E-state index in [0.29, 0.717) is 16.8 Å². The van der Waals surface area contributed by atoms with Crippen LogP contribution in [-0.4, -0.2) is 49.5 Å². The zero-order valence-corrected chi connectivity index (χ0v) is 18.4. The number of β-amino-alcohol motifs (C(OH)–C–C–N with tert-alkyl or cyclic N) is 1. The molecule has 1 saturated heterocycles. The second-order valence-corrected chi connectivity index (χ2v) is 8.69. The number of carbonyl (C=O) groups is 1. The van der Waals surface area contributed by atoms with Crippen LogP contribution in [-0.2, 0) is 4.74 Å². The lowest BCUT2D eigenvalue weighted by Gasteiger charge is -2.26. The molecule has 0 bridgehead atoms. The van der Waals surface area contributed by atoms with Gasteiger partial charge < -0.3 is 14.4 Å². The van der Waals surface area contributed by atoms with E-state index in [9.17, 15) is 14.3 Å². The minimum absolute atomic E-state index is 0.119. The number of hydrogen-bond acceptors (Lipinski definition) is 7. The van der Waals surface area contributed by atoms with Crippen LogP contribution in [0.1, 0.15) is 50.3 Å². The Morgan fingerprint density at radius 2 is 2.03 bits per heavy atom. The summed E-state index contributed by atoms with van der Waals surface area (Å²) in [6.07, 6.45) is 0.558. The monoisotopic (exact) mass is 450 g/mol. The van der Waals surface area contributed by atoms with E-state index in [2.05, 4.69) is 27.0 Å². The molecule has 1 aliphatic rings. The van der Waals surface area contributed by atoms with Gasteiger partial charge in [0, 0.05) is 23.7 Å². The number of halogens is 1. The average molecular weight is 450 g/mol. The second-order valence-electron chi connectivity index (χ2n) is 8.69. The van der Waals surface area contributed by atoms with Crippen LogP contribution in [0.2, 0.25) is 0 Å². The first-order chi connectivity index (χ1) is 15.7. The van der Waals surface area contributed by atoms with Crippen molar-refractivity contribution in [2.24, 2.45) is 0 Å². The Kier molecular flexibility index (Phi) is 6.11. The highest BCUT2D eigenvalue weighted by molar-refractivity contribution is 5.69. The summed E-state index contributed by atoms with van der Waals surface area (Å²) < 4.78 is 24.1. The molecule has 1 unspecified atom stereocenters. The SMILES string of the molecule is CC(C)(C)OC(=O)N1C[C@H](O)CC1c1nc(-c2ccc(C#Cc3cccc(F)c3)cn2)no1. The van der Waals surface area contributed by atoms with Gasteiger partial charge in [0.05, 0.1) is 12.6 Å². The first-order valence-corrected chi connectivity index (χ1v) is 10.4. The number of aliphatic hydroxyl groups is 1. The van der Waals surface area contributed by atoms with Crippen LogP contribution in [0.25, 0.3) is 11.5 Å². The molecule has 1 fully saturated rings. The molecule has 3 heterocycles.